The molecule has 4 heteroatoms. The van der Waals surface area contributed by atoms with Crippen LogP contribution in [0, 0.1) is 21.4 Å². The molecule has 0 radical (unpaired) electrons. The van der Waals surface area contributed by atoms with Crippen molar-refractivity contribution >= 4 is 11.3 Å². The number of hydrogen-bond acceptors (Lipinski definition) is 3. The van der Waals surface area contributed by atoms with E-state index in [0.717, 1.165) is 0 Å². The molecule has 0 spiro atoms. The summed E-state index contributed by atoms with van der Waals surface area (Å²) in [6, 6.07) is 6.19. The molecule has 0 aromatic heterocycles. The maximum atomic E-state index is 10.6. The summed E-state index contributed by atoms with van der Waals surface area (Å²) in [5.74, 6) is 0. The Kier molecular flexibility index (Phi) is 2.63. The van der Waals surface area contributed by atoms with Crippen LogP contribution in [0.1, 0.15) is 18.1 Å². The van der Waals surface area contributed by atoms with E-state index in [1.807, 2.05) is 6.07 Å². The Hall–Kier alpha value is -2.15. The average Bonchev–Trinajstić information content (AvgIpc) is 2.16. The SMILES string of the molecule is C=C(C)c1ccc(C#N)cc1[N+](=O)[O-]. The second-order valence-corrected chi connectivity index (χ2v) is 2.88. The normalized spacial score (nSPS) is 9.14. The van der Waals surface area contributed by atoms with Crippen LogP contribution in [0.25, 0.3) is 5.57 Å². The van der Waals surface area contributed by atoms with Gasteiger partial charge in [-0.2, -0.15) is 5.26 Å². The van der Waals surface area contributed by atoms with Crippen LogP contribution in [0.2, 0.25) is 0 Å². The summed E-state index contributed by atoms with van der Waals surface area (Å²) >= 11 is 0. The van der Waals surface area contributed by atoms with Gasteiger partial charge in [0, 0.05) is 6.07 Å². The maximum Gasteiger partial charge on any atom is 0.278 e. The lowest BCUT2D eigenvalue weighted by Crippen LogP contribution is -1.94. The monoisotopic (exact) mass is 188 g/mol. The molecule has 0 atom stereocenters. The molecule has 0 saturated heterocycles. The second kappa shape index (κ2) is 3.71. The molecule has 0 bridgehead atoms. The molecule has 0 heterocycles. The van der Waals surface area contributed by atoms with Crippen LogP contribution in [-0.2, 0) is 0 Å². The third kappa shape index (κ3) is 1.77. The van der Waals surface area contributed by atoms with Crippen molar-refractivity contribution in [1.29, 1.82) is 5.26 Å². The highest BCUT2D eigenvalue weighted by Crippen LogP contribution is 2.25. The topological polar surface area (TPSA) is 66.9 Å². The molecule has 0 unspecified atom stereocenters. The van der Waals surface area contributed by atoms with Crippen LogP contribution in [-0.4, -0.2) is 4.92 Å². The summed E-state index contributed by atoms with van der Waals surface area (Å²) < 4.78 is 0. The number of rotatable bonds is 2. The number of benzene rings is 1. The smallest absolute Gasteiger partial charge is 0.258 e. The Morgan fingerprint density at radius 3 is 2.71 bits per heavy atom. The van der Waals surface area contributed by atoms with Gasteiger partial charge in [-0.05, 0) is 24.6 Å². The number of nitriles is 1. The molecule has 1 rings (SSSR count). The number of allylic oxidation sites excluding steroid dienone is 1. The Morgan fingerprint density at radius 1 is 1.64 bits per heavy atom. The standard InChI is InChI=1S/C10H8N2O2/c1-7(2)9-4-3-8(6-11)5-10(9)12(13)14/h3-5H,1H2,2H3. The van der Waals surface area contributed by atoms with Crippen molar-refractivity contribution in [2.45, 2.75) is 6.92 Å². The van der Waals surface area contributed by atoms with Crippen LogP contribution in [0.4, 0.5) is 5.69 Å². The Morgan fingerprint density at radius 2 is 2.29 bits per heavy atom. The number of nitro groups is 1. The minimum Gasteiger partial charge on any atom is -0.258 e. The first-order valence-electron chi connectivity index (χ1n) is 3.90. The fraction of sp³-hybridized carbons (Fsp3) is 0.100. The van der Waals surface area contributed by atoms with Gasteiger partial charge in [0.05, 0.1) is 22.1 Å². The largest absolute Gasteiger partial charge is 0.278 e. The van der Waals surface area contributed by atoms with Crippen LogP contribution in [0.3, 0.4) is 0 Å². The van der Waals surface area contributed by atoms with Crippen molar-refractivity contribution in [3.05, 3.63) is 46.0 Å². The third-order valence-electron chi connectivity index (χ3n) is 1.78. The van der Waals surface area contributed by atoms with E-state index in [1.54, 1.807) is 13.0 Å². The molecule has 4 nitrogen and oxygen atoms in total. The summed E-state index contributed by atoms with van der Waals surface area (Å²) in [4.78, 5) is 10.1. The molecule has 14 heavy (non-hydrogen) atoms. The first-order chi connectivity index (χ1) is 6.56. The van der Waals surface area contributed by atoms with Crippen LogP contribution in [0.15, 0.2) is 24.8 Å². The molecule has 1 aromatic carbocycles. The molecular formula is C10H8N2O2. The number of nitro benzene ring substituents is 1. The van der Waals surface area contributed by atoms with Crippen molar-refractivity contribution in [1.82, 2.24) is 0 Å². The summed E-state index contributed by atoms with van der Waals surface area (Å²) in [7, 11) is 0. The van der Waals surface area contributed by atoms with Crippen molar-refractivity contribution < 1.29 is 4.92 Å². The molecule has 0 fully saturated rings. The fourth-order valence-electron chi connectivity index (χ4n) is 1.11. The summed E-state index contributed by atoms with van der Waals surface area (Å²) in [5.41, 5.74) is 1.29. The van der Waals surface area contributed by atoms with E-state index < -0.39 is 4.92 Å². The first-order valence-corrected chi connectivity index (χ1v) is 3.90. The predicted molar refractivity (Wildman–Crippen MR) is 52.5 cm³/mol. The van der Waals surface area contributed by atoms with Crippen LogP contribution in [0.5, 0.6) is 0 Å². The average molecular weight is 188 g/mol. The minimum absolute atomic E-state index is 0.0726. The minimum atomic E-state index is -0.509. The third-order valence-corrected chi connectivity index (χ3v) is 1.78. The molecule has 0 N–H and O–H groups in total. The van der Waals surface area contributed by atoms with Crippen molar-refractivity contribution in [2.75, 3.05) is 0 Å². The van der Waals surface area contributed by atoms with E-state index in [-0.39, 0.29) is 11.3 Å². The zero-order valence-electron chi connectivity index (χ0n) is 7.65. The molecule has 0 aliphatic rings. The number of hydrogen-bond donors (Lipinski definition) is 0. The lowest BCUT2D eigenvalue weighted by Gasteiger charge is -2.01. The van der Waals surface area contributed by atoms with E-state index in [0.29, 0.717) is 11.1 Å². The van der Waals surface area contributed by atoms with Gasteiger partial charge >= 0.3 is 0 Å². The van der Waals surface area contributed by atoms with E-state index in [9.17, 15) is 10.1 Å². The first kappa shape index (κ1) is 9.93. The fourth-order valence-corrected chi connectivity index (χ4v) is 1.11. The molecule has 70 valence electrons. The van der Waals surface area contributed by atoms with Crippen molar-refractivity contribution in [3.63, 3.8) is 0 Å². The van der Waals surface area contributed by atoms with Gasteiger partial charge in [-0.25, -0.2) is 0 Å². The van der Waals surface area contributed by atoms with E-state index >= 15 is 0 Å². The van der Waals surface area contributed by atoms with Gasteiger partial charge in [0.15, 0.2) is 0 Å². The highest BCUT2D eigenvalue weighted by Gasteiger charge is 2.14. The predicted octanol–water partition coefficient (Wildman–Crippen LogP) is 2.50. The van der Waals surface area contributed by atoms with Gasteiger partial charge in [0.25, 0.3) is 5.69 Å². The highest BCUT2D eigenvalue weighted by molar-refractivity contribution is 5.70. The van der Waals surface area contributed by atoms with E-state index in [4.69, 9.17) is 5.26 Å². The summed E-state index contributed by atoms with van der Waals surface area (Å²) in [6.07, 6.45) is 0. The molecular weight excluding hydrogens is 180 g/mol. The lowest BCUT2D eigenvalue weighted by molar-refractivity contribution is -0.385. The van der Waals surface area contributed by atoms with Crippen molar-refractivity contribution in [3.8, 4) is 6.07 Å². The van der Waals surface area contributed by atoms with Crippen molar-refractivity contribution in [2.24, 2.45) is 0 Å². The van der Waals surface area contributed by atoms with E-state index in [1.165, 1.54) is 12.1 Å². The van der Waals surface area contributed by atoms with Gasteiger partial charge in [0.2, 0.25) is 0 Å². The van der Waals surface area contributed by atoms with Gasteiger partial charge in [-0.3, -0.25) is 10.1 Å². The highest BCUT2D eigenvalue weighted by atomic mass is 16.6. The maximum absolute atomic E-state index is 10.6. The quantitative estimate of drug-likeness (QED) is 0.529. The zero-order chi connectivity index (χ0) is 10.7. The van der Waals surface area contributed by atoms with Crippen LogP contribution < -0.4 is 0 Å². The number of nitrogens with zero attached hydrogens (tertiary/aromatic N) is 2. The Balaban J connectivity index is 3.40. The lowest BCUT2D eigenvalue weighted by atomic mass is 10.0. The molecule has 0 saturated carbocycles. The molecule has 0 amide bonds. The molecule has 1 aromatic rings. The van der Waals surface area contributed by atoms with Gasteiger partial charge < -0.3 is 0 Å². The van der Waals surface area contributed by atoms with E-state index in [2.05, 4.69) is 6.58 Å². The molecule has 0 aliphatic heterocycles. The second-order valence-electron chi connectivity index (χ2n) is 2.88. The zero-order valence-corrected chi connectivity index (χ0v) is 7.65. The van der Waals surface area contributed by atoms with Gasteiger partial charge in [0.1, 0.15) is 0 Å². The molecule has 0 aliphatic carbocycles. The van der Waals surface area contributed by atoms with Crippen LogP contribution >= 0.6 is 0 Å². The summed E-state index contributed by atoms with van der Waals surface area (Å²) in [5, 5.41) is 19.2. The Bertz CT molecular complexity index is 444. The Labute approximate surface area is 81.2 Å². The summed E-state index contributed by atoms with van der Waals surface area (Å²) in [6.45, 7) is 5.33. The van der Waals surface area contributed by atoms with Gasteiger partial charge in [-0.15, -0.1) is 0 Å². The van der Waals surface area contributed by atoms with Gasteiger partial charge in [-0.1, -0.05) is 6.58 Å².